The molecule has 1 unspecified atom stereocenters. The highest BCUT2D eigenvalue weighted by Crippen LogP contribution is 2.28. The van der Waals surface area contributed by atoms with Gasteiger partial charge in [-0.05, 0) is 50.3 Å². The zero-order valence-corrected chi connectivity index (χ0v) is 21.0. The first-order valence-electron chi connectivity index (χ1n) is 11.8. The van der Waals surface area contributed by atoms with Gasteiger partial charge in [0.05, 0.1) is 30.5 Å². The van der Waals surface area contributed by atoms with Gasteiger partial charge in [-0.2, -0.15) is 10.1 Å². The molecule has 0 saturated heterocycles. The molecule has 0 aliphatic carbocycles. The molecule has 2 aromatic carbocycles. The second-order valence-electron chi connectivity index (χ2n) is 8.29. The van der Waals surface area contributed by atoms with Crippen molar-refractivity contribution in [3.05, 3.63) is 83.6 Å². The fraction of sp³-hybridized carbons (Fsp3) is 0.179. The summed E-state index contributed by atoms with van der Waals surface area (Å²) in [6, 6.07) is 12.6. The summed E-state index contributed by atoms with van der Waals surface area (Å²) in [6.07, 6.45) is 6.66. The van der Waals surface area contributed by atoms with Crippen LogP contribution in [0.3, 0.4) is 0 Å². The summed E-state index contributed by atoms with van der Waals surface area (Å²) in [5, 5.41) is 15.2. The number of methoxy groups -OCH3 is 1. The van der Waals surface area contributed by atoms with Crippen molar-refractivity contribution >= 4 is 52.2 Å². The van der Waals surface area contributed by atoms with E-state index in [0.29, 0.717) is 5.69 Å². The summed E-state index contributed by atoms with van der Waals surface area (Å²) < 4.78 is 11.8. The number of hydrazone groups is 1. The molecule has 3 aromatic rings. The zero-order chi connectivity index (χ0) is 27.4. The maximum absolute atomic E-state index is 13.2. The minimum absolute atomic E-state index is 0.0219. The van der Waals surface area contributed by atoms with Crippen molar-refractivity contribution < 1.29 is 33.8 Å². The Morgan fingerprint density at radius 3 is 2.47 bits per heavy atom. The fourth-order valence-corrected chi connectivity index (χ4v) is 4.05. The number of esters is 2. The molecular weight excluding hydrogens is 490 g/mol. The Balaban J connectivity index is 1.69. The second-order valence-corrected chi connectivity index (χ2v) is 8.29. The smallest absolute Gasteiger partial charge is 0.359 e. The monoisotopic (exact) mass is 515 g/mol. The molecule has 1 N–H and O–H groups in total. The summed E-state index contributed by atoms with van der Waals surface area (Å²) in [6.45, 7) is 3.48. The van der Waals surface area contributed by atoms with E-state index in [2.05, 4.69) is 5.10 Å². The van der Waals surface area contributed by atoms with Gasteiger partial charge >= 0.3 is 17.9 Å². The number of hydrogen-bond donors (Lipinski definition) is 1. The van der Waals surface area contributed by atoms with E-state index in [1.165, 1.54) is 37.5 Å². The number of carboxylic acids is 1. The van der Waals surface area contributed by atoms with Crippen molar-refractivity contribution in [1.82, 2.24) is 4.57 Å². The zero-order valence-electron chi connectivity index (χ0n) is 21.0. The Morgan fingerprint density at radius 1 is 1.11 bits per heavy atom. The number of carbonyl (C=O) groups excluding carboxylic acids is 3. The van der Waals surface area contributed by atoms with E-state index in [-0.39, 0.29) is 29.4 Å². The first-order valence-corrected chi connectivity index (χ1v) is 11.8. The highest BCUT2D eigenvalue weighted by molar-refractivity contribution is 6.53. The van der Waals surface area contributed by atoms with E-state index in [0.717, 1.165) is 21.5 Å². The third-order valence-corrected chi connectivity index (χ3v) is 5.98. The summed E-state index contributed by atoms with van der Waals surface area (Å²) >= 11 is 0. The Hall–Kier alpha value is -4.99. The van der Waals surface area contributed by atoms with Gasteiger partial charge in [0.25, 0.3) is 5.91 Å². The van der Waals surface area contributed by atoms with Crippen molar-refractivity contribution in [2.24, 2.45) is 5.10 Å². The van der Waals surface area contributed by atoms with Gasteiger partial charge in [0.2, 0.25) is 0 Å². The third kappa shape index (κ3) is 4.96. The molecule has 0 fully saturated rings. The van der Waals surface area contributed by atoms with Gasteiger partial charge in [-0.1, -0.05) is 30.4 Å². The van der Waals surface area contributed by atoms with Crippen LogP contribution in [-0.2, 0) is 23.9 Å². The van der Waals surface area contributed by atoms with Crippen molar-refractivity contribution in [2.75, 3.05) is 18.7 Å². The SMILES string of the molecule is CCOC(=O)C1=NN(c2ccc(C(=O)O)cc2)C(=O)C1=CC=Cc1cn(C(C)C(=O)OC)c2ccccc12. The largest absolute Gasteiger partial charge is 0.478 e. The van der Waals surface area contributed by atoms with Gasteiger partial charge in [-0.15, -0.1) is 0 Å². The number of rotatable bonds is 8. The number of carboxylic acid groups (broad SMARTS) is 1. The first-order chi connectivity index (χ1) is 18.3. The number of benzene rings is 2. The normalized spacial score (nSPS) is 15.2. The van der Waals surface area contributed by atoms with Gasteiger partial charge in [-0.25, -0.2) is 14.4 Å². The van der Waals surface area contributed by atoms with Crippen LogP contribution >= 0.6 is 0 Å². The quantitative estimate of drug-likeness (QED) is 0.355. The van der Waals surface area contributed by atoms with Crippen LogP contribution < -0.4 is 5.01 Å². The molecule has 2 heterocycles. The lowest BCUT2D eigenvalue weighted by atomic mass is 10.1. The molecule has 1 aromatic heterocycles. The van der Waals surface area contributed by atoms with Crippen LogP contribution in [0.5, 0.6) is 0 Å². The average Bonchev–Trinajstić information content (AvgIpc) is 3.46. The Bertz CT molecular complexity index is 1510. The fourth-order valence-electron chi connectivity index (χ4n) is 4.05. The van der Waals surface area contributed by atoms with Crippen molar-refractivity contribution in [3.63, 3.8) is 0 Å². The topological polar surface area (TPSA) is 128 Å². The van der Waals surface area contributed by atoms with E-state index in [4.69, 9.17) is 14.6 Å². The van der Waals surface area contributed by atoms with Gasteiger partial charge in [0.15, 0.2) is 5.71 Å². The number of aromatic nitrogens is 1. The molecule has 0 spiro atoms. The molecule has 0 radical (unpaired) electrons. The van der Waals surface area contributed by atoms with Crippen molar-refractivity contribution in [2.45, 2.75) is 19.9 Å². The molecule has 10 nitrogen and oxygen atoms in total. The third-order valence-electron chi connectivity index (χ3n) is 5.98. The molecular formula is C28H25N3O7. The van der Waals surface area contributed by atoms with E-state index in [1.54, 1.807) is 26.0 Å². The molecule has 1 aliphatic rings. The first kappa shape index (κ1) is 26.1. The Kier molecular flexibility index (Phi) is 7.52. The van der Waals surface area contributed by atoms with E-state index in [1.807, 2.05) is 35.0 Å². The molecule has 4 rings (SSSR count). The van der Waals surface area contributed by atoms with Crippen LogP contribution in [0.4, 0.5) is 5.69 Å². The Morgan fingerprint density at radius 2 is 1.82 bits per heavy atom. The minimum Gasteiger partial charge on any atom is -0.478 e. The highest BCUT2D eigenvalue weighted by atomic mass is 16.5. The van der Waals surface area contributed by atoms with E-state index < -0.39 is 23.9 Å². The van der Waals surface area contributed by atoms with Gasteiger partial charge in [0.1, 0.15) is 6.04 Å². The van der Waals surface area contributed by atoms with Crippen molar-refractivity contribution in [1.29, 1.82) is 0 Å². The minimum atomic E-state index is -1.10. The molecule has 0 saturated carbocycles. The van der Waals surface area contributed by atoms with E-state index >= 15 is 0 Å². The molecule has 10 heteroatoms. The van der Waals surface area contributed by atoms with Crippen LogP contribution in [-0.4, -0.2) is 52.9 Å². The number of allylic oxidation sites excluding steroid dienone is 2. The van der Waals surface area contributed by atoms with Gasteiger partial charge in [0, 0.05) is 22.7 Å². The van der Waals surface area contributed by atoms with Crippen LogP contribution in [0.1, 0.15) is 35.8 Å². The van der Waals surface area contributed by atoms with Gasteiger partial charge in [-0.3, -0.25) is 4.79 Å². The summed E-state index contributed by atoms with van der Waals surface area (Å²) in [4.78, 5) is 49.1. The number of para-hydroxylation sites is 1. The number of carbonyl (C=O) groups is 4. The number of amides is 1. The van der Waals surface area contributed by atoms with Crippen molar-refractivity contribution in [3.8, 4) is 0 Å². The average molecular weight is 516 g/mol. The second kappa shape index (κ2) is 11.0. The van der Waals surface area contributed by atoms with Crippen LogP contribution in [0.25, 0.3) is 17.0 Å². The molecule has 1 aliphatic heterocycles. The number of nitrogens with zero attached hydrogens (tertiary/aromatic N) is 3. The molecule has 194 valence electrons. The van der Waals surface area contributed by atoms with Crippen LogP contribution in [0.15, 0.2) is 77.6 Å². The number of fused-ring (bicyclic) bond motifs is 1. The molecule has 1 atom stereocenters. The summed E-state index contributed by atoms with van der Waals surface area (Å²) in [5.74, 6) is -2.81. The lowest BCUT2D eigenvalue weighted by molar-refractivity contribution is -0.144. The van der Waals surface area contributed by atoms with E-state index in [9.17, 15) is 19.2 Å². The molecule has 0 bridgehead atoms. The van der Waals surface area contributed by atoms with Crippen LogP contribution in [0, 0.1) is 0 Å². The lowest BCUT2D eigenvalue weighted by Gasteiger charge is -2.12. The Labute approximate surface area is 218 Å². The maximum Gasteiger partial charge on any atom is 0.359 e. The number of anilines is 1. The number of ether oxygens (including phenoxy) is 2. The standard InChI is InChI=1S/C28H25N3O7/c1-4-38-28(36)24-22(25(32)31(29-24)20-14-12-18(13-15-20)26(33)34)10-7-8-19-16-30(17(2)27(35)37-3)23-11-6-5-9-21(19)23/h5-17H,4H2,1-3H3,(H,33,34). The summed E-state index contributed by atoms with van der Waals surface area (Å²) in [7, 11) is 1.34. The molecule has 1 amide bonds. The predicted molar refractivity (Wildman–Crippen MR) is 141 cm³/mol. The number of aromatic carboxylic acids is 1. The van der Waals surface area contributed by atoms with Gasteiger partial charge < -0.3 is 19.1 Å². The summed E-state index contributed by atoms with van der Waals surface area (Å²) in [5.41, 5.74) is 1.83. The maximum atomic E-state index is 13.2. The lowest BCUT2D eigenvalue weighted by Crippen LogP contribution is -2.22. The highest BCUT2D eigenvalue weighted by Gasteiger charge is 2.35. The molecule has 38 heavy (non-hydrogen) atoms. The number of hydrogen-bond acceptors (Lipinski definition) is 7. The van der Waals surface area contributed by atoms with Crippen LogP contribution in [0.2, 0.25) is 0 Å². The predicted octanol–water partition coefficient (Wildman–Crippen LogP) is 3.98.